The molecule has 0 bridgehead atoms. The van der Waals surface area contributed by atoms with Gasteiger partial charge in [0.15, 0.2) is 0 Å². The minimum absolute atomic E-state index is 0.0951. The van der Waals surface area contributed by atoms with Gasteiger partial charge in [0, 0.05) is 13.0 Å². The summed E-state index contributed by atoms with van der Waals surface area (Å²) in [5, 5.41) is 22.9. The summed E-state index contributed by atoms with van der Waals surface area (Å²) in [4.78, 5) is 65.0. The molecule has 0 aliphatic carbocycles. The highest BCUT2D eigenvalue weighted by Gasteiger charge is 2.28. The Kier molecular flexibility index (Phi) is 15.4. The Hall–Kier alpha value is -4.88. The highest BCUT2D eigenvalue weighted by Crippen LogP contribution is 2.11. The summed E-state index contributed by atoms with van der Waals surface area (Å²) in [7, 11) is 0. The third kappa shape index (κ3) is 13.1. The number of amides is 5. The highest BCUT2D eigenvalue weighted by molar-refractivity contribution is 7.98. The molecule has 0 saturated carbocycles. The van der Waals surface area contributed by atoms with E-state index in [1.165, 1.54) is 30.8 Å². The molecule has 0 fully saturated rings. The second-order valence-electron chi connectivity index (χ2n) is 11.3. The predicted octanol–water partition coefficient (Wildman–Crippen LogP) is 1.16. The molecule has 3 rings (SSSR count). The first-order valence-electron chi connectivity index (χ1n) is 15.6. The number of aromatic hydroxyl groups is 1. The lowest BCUT2D eigenvalue weighted by Gasteiger charge is -2.24. The van der Waals surface area contributed by atoms with Crippen molar-refractivity contribution in [2.24, 2.45) is 5.73 Å². The van der Waals surface area contributed by atoms with Crippen molar-refractivity contribution in [3.8, 4) is 5.75 Å². The molecule has 3 aromatic carbocycles. The molecular weight excluding hydrogens is 632 g/mol. The summed E-state index contributed by atoms with van der Waals surface area (Å²) < 4.78 is 0. The number of hydrogen-bond donors (Lipinski definition) is 7. The van der Waals surface area contributed by atoms with Crippen LogP contribution < -0.4 is 32.3 Å². The zero-order valence-corrected chi connectivity index (χ0v) is 27.9. The van der Waals surface area contributed by atoms with Gasteiger partial charge in [-0.3, -0.25) is 24.0 Å². The van der Waals surface area contributed by atoms with Crippen LogP contribution in [0.1, 0.15) is 30.0 Å². The minimum atomic E-state index is -1.06. The van der Waals surface area contributed by atoms with Gasteiger partial charge in [-0.15, -0.1) is 0 Å². The molecule has 48 heavy (non-hydrogen) atoms. The van der Waals surface area contributed by atoms with Gasteiger partial charge in [-0.1, -0.05) is 72.8 Å². The van der Waals surface area contributed by atoms with Crippen molar-refractivity contribution in [1.29, 1.82) is 0 Å². The maximum atomic E-state index is 13.3. The van der Waals surface area contributed by atoms with Crippen molar-refractivity contribution in [3.63, 3.8) is 0 Å². The SMILES string of the molecule is CSCC[C@@H](NC(=O)[C@@H](N)Cc1ccc(O)cc1)C(=O)N[C@@H](C)C(=O)N[C@@H](Cc1ccccc1)C(=O)NCC(=O)NCc1ccccc1. The van der Waals surface area contributed by atoms with E-state index in [1.807, 2.05) is 66.9 Å². The normalized spacial score (nSPS) is 13.2. The first kappa shape index (κ1) is 37.6. The topological polar surface area (TPSA) is 192 Å². The van der Waals surface area contributed by atoms with E-state index in [0.29, 0.717) is 18.7 Å². The Morgan fingerprint density at radius 2 is 1.27 bits per heavy atom. The monoisotopic (exact) mass is 676 g/mol. The molecule has 5 amide bonds. The molecule has 0 unspecified atom stereocenters. The van der Waals surface area contributed by atoms with Gasteiger partial charge >= 0.3 is 0 Å². The van der Waals surface area contributed by atoms with Crippen LogP contribution in [0.5, 0.6) is 5.75 Å². The van der Waals surface area contributed by atoms with Gasteiger partial charge in [-0.2, -0.15) is 11.8 Å². The summed E-state index contributed by atoms with van der Waals surface area (Å²) in [5.41, 5.74) is 8.55. The number of phenolic OH excluding ortho intramolecular Hbond substituents is 1. The minimum Gasteiger partial charge on any atom is -0.508 e. The number of phenols is 1. The quantitative estimate of drug-likeness (QED) is 0.104. The smallest absolute Gasteiger partial charge is 0.243 e. The summed E-state index contributed by atoms with van der Waals surface area (Å²) in [5.74, 6) is -2.02. The predicted molar refractivity (Wildman–Crippen MR) is 186 cm³/mol. The van der Waals surface area contributed by atoms with E-state index >= 15 is 0 Å². The molecule has 256 valence electrons. The Labute approximate surface area is 285 Å². The van der Waals surface area contributed by atoms with Crippen molar-refractivity contribution in [1.82, 2.24) is 26.6 Å². The molecule has 13 heteroatoms. The lowest BCUT2D eigenvalue weighted by Crippen LogP contribution is -2.57. The molecule has 8 N–H and O–H groups in total. The van der Waals surface area contributed by atoms with Crippen molar-refractivity contribution in [2.45, 2.75) is 56.9 Å². The third-order valence-electron chi connectivity index (χ3n) is 7.40. The van der Waals surface area contributed by atoms with Crippen LogP contribution in [-0.2, 0) is 43.4 Å². The molecule has 0 heterocycles. The highest BCUT2D eigenvalue weighted by atomic mass is 32.2. The number of carbonyl (C=O) groups is 5. The molecule has 12 nitrogen and oxygen atoms in total. The van der Waals surface area contributed by atoms with Crippen molar-refractivity contribution in [2.75, 3.05) is 18.6 Å². The standard InChI is InChI=1S/C35H44N6O6S/c1-23(39-35(47)29(17-18-48-2)40-33(45)28(36)19-25-13-15-27(42)16-14-25)32(44)41-30(20-24-9-5-3-6-10-24)34(46)38-22-31(43)37-21-26-11-7-4-8-12-26/h3-16,23,28-30,42H,17-22,36H2,1-2H3,(H,37,43)(H,38,46)(H,39,47)(H,40,45)(H,41,44)/t23-,28-,29+,30-/m0/s1. The maximum absolute atomic E-state index is 13.3. The number of hydrogen-bond acceptors (Lipinski definition) is 8. The van der Waals surface area contributed by atoms with Crippen LogP contribution in [0.4, 0.5) is 0 Å². The fourth-order valence-corrected chi connectivity index (χ4v) is 5.12. The molecule has 0 aromatic heterocycles. The number of nitrogens with one attached hydrogen (secondary N) is 5. The largest absolute Gasteiger partial charge is 0.508 e. The molecule has 0 aliphatic heterocycles. The van der Waals surface area contributed by atoms with Crippen molar-refractivity contribution in [3.05, 3.63) is 102 Å². The van der Waals surface area contributed by atoms with Gasteiger partial charge in [-0.25, -0.2) is 0 Å². The van der Waals surface area contributed by atoms with E-state index in [1.54, 1.807) is 12.1 Å². The van der Waals surface area contributed by atoms with Crippen LogP contribution >= 0.6 is 11.8 Å². The average molecular weight is 677 g/mol. The molecular formula is C35H44N6O6S. The molecule has 3 aromatic rings. The first-order chi connectivity index (χ1) is 23.0. The Morgan fingerprint density at radius 3 is 1.90 bits per heavy atom. The van der Waals surface area contributed by atoms with Gasteiger partial charge in [0.1, 0.15) is 23.9 Å². The van der Waals surface area contributed by atoms with Gasteiger partial charge in [-0.05, 0) is 60.6 Å². The van der Waals surface area contributed by atoms with Crippen LogP contribution in [0, 0.1) is 0 Å². The second kappa shape index (κ2) is 19.7. The van der Waals surface area contributed by atoms with E-state index in [4.69, 9.17) is 5.73 Å². The van der Waals surface area contributed by atoms with Crippen LogP contribution in [0.3, 0.4) is 0 Å². The second-order valence-corrected chi connectivity index (χ2v) is 12.3. The van der Waals surface area contributed by atoms with Gasteiger partial charge in [0.05, 0.1) is 12.6 Å². The molecule has 4 atom stereocenters. The summed E-state index contributed by atoms with van der Waals surface area (Å²) in [6.07, 6.45) is 2.51. The number of carbonyl (C=O) groups excluding carboxylic acids is 5. The van der Waals surface area contributed by atoms with Crippen LogP contribution in [0.2, 0.25) is 0 Å². The van der Waals surface area contributed by atoms with Gasteiger partial charge in [0.25, 0.3) is 0 Å². The van der Waals surface area contributed by atoms with E-state index in [0.717, 1.165) is 16.7 Å². The third-order valence-corrected chi connectivity index (χ3v) is 8.04. The van der Waals surface area contributed by atoms with Crippen molar-refractivity contribution < 1.29 is 29.1 Å². The Bertz CT molecular complexity index is 1490. The molecule has 0 spiro atoms. The number of thioether (sulfide) groups is 1. The van der Waals surface area contributed by atoms with E-state index in [9.17, 15) is 29.1 Å². The molecule has 0 aliphatic rings. The average Bonchev–Trinajstić information content (AvgIpc) is 3.09. The summed E-state index contributed by atoms with van der Waals surface area (Å²) >= 11 is 1.49. The number of nitrogens with two attached hydrogens (primary N) is 1. The fourth-order valence-electron chi connectivity index (χ4n) is 4.65. The summed E-state index contributed by atoms with van der Waals surface area (Å²) in [6, 6.07) is 20.7. The zero-order valence-electron chi connectivity index (χ0n) is 27.1. The van der Waals surface area contributed by atoms with E-state index < -0.39 is 53.7 Å². The first-order valence-corrected chi connectivity index (χ1v) is 17.0. The molecule has 0 saturated heterocycles. The van der Waals surface area contributed by atoms with Crippen LogP contribution in [-0.4, -0.2) is 77.4 Å². The Balaban J connectivity index is 1.59. The maximum Gasteiger partial charge on any atom is 0.243 e. The summed E-state index contributed by atoms with van der Waals surface area (Å²) in [6.45, 7) is 1.50. The van der Waals surface area contributed by atoms with E-state index in [2.05, 4.69) is 26.6 Å². The molecule has 0 radical (unpaired) electrons. The number of rotatable bonds is 18. The zero-order chi connectivity index (χ0) is 34.9. The lowest BCUT2D eigenvalue weighted by molar-refractivity contribution is -0.133. The van der Waals surface area contributed by atoms with Crippen LogP contribution in [0.25, 0.3) is 0 Å². The van der Waals surface area contributed by atoms with Crippen molar-refractivity contribution >= 4 is 41.3 Å². The lowest BCUT2D eigenvalue weighted by atomic mass is 10.0. The van der Waals surface area contributed by atoms with Crippen LogP contribution in [0.15, 0.2) is 84.9 Å². The Morgan fingerprint density at radius 1 is 0.688 bits per heavy atom. The fraction of sp³-hybridized carbons (Fsp3) is 0.343. The van der Waals surface area contributed by atoms with Gasteiger partial charge < -0.3 is 37.4 Å². The van der Waals surface area contributed by atoms with Gasteiger partial charge in [0.2, 0.25) is 29.5 Å². The number of benzene rings is 3. The van der Waals surface area contributed by atoms with E-state index in [-0.39, 0.29) is 25.1 Å².